The average molecular weight is 277 g/mol. The van der Waals surface area contributed by atoms with E-state index in [-0.39, 0.29) is 30.0 Å². The Bertz CT molecular complexity index is 438. The molecule has 1 aromatic rings. The van der Waals surface area contributed by atoms with Crippen molar-refractivity contribution in [1.29, 1.82) is 0 Å². The van der Waals surface area contributed by atoms with Gasteiger partial charge in [-0.2, -0.15) is 0 Å². The second-order valence-electron chi connectivity index (χ2n) is 4.28. The van der Waals surface area contributed by atoms with Crippen molar-refractivity contribution in [3.63, 3.8) is 0 Å². The molecule has 1 saturated carbocycles. The molecule has 0 radical (unpaired) electrons. The first-order valence-electron chi connectivity index (χ1n) is 5.58. The lowest BCUT2D eigenvalue weighted by Crippen LogP contribution is -2.39. The number of carbonyl (C=O) groups is 1. The van der Waals surface area contributed by atoms with E-state index in [9.17, 15) is 13.6 Å². The third kappa shape index (κ3) is 3.92. The summed E-state index contributed by atoms with van der Waals surface area (Å²) in [7, 11) is 0. The Morgan fingerprint density at radius 1 is 1.39 bits per heavy atom. The van der Waals surface area contributed by atoms with Crippen molar-refractivity contribution in [3.8, 4) is 0 Å². The van der Waals surface area contributed by atoms with E-state index in [4.69, 9.17) is 0 Å². The SMILES string of the molecule is CC(NC1CC1)C(=O)Nc1ccc(F)cc1F.Cl. The van der Waals surface area contributed by atoms with E-state index < -0.39 is 11.6 Å². The van der Waals surface area contributed by atoms with Gasteiger partial charge >= 0.3 is 0 Å². The van der Waals surface area contributed by atoms with Gasteiger partial charge in [-0.3, -0.25) is 4.79 Å². The molecule has 1 unspecified atom stereocenters. The minimum absolute atomic E-state index is 0. The van der Waals surface area contributed by atoms with Gasteiger partial charge in [0.05, 0.1) is 11.7 Å². The minimum atomic E-state index is -0.767. The highest BCUT2D eigenvalue weighted by atomic mass is 35.5. The number of hydrogen-bond acceptors (Lipinski definition) is 2. The van der Waals surface area contributed by atoms with Gasteiger partial charge < -0.3 is 10.6 Å². The highest BCUT2D eigenvalue weighted by Gasteiger charge is 2.25. The number of halogens is 3. The number of anilines is 1. The maximum atomic E-state index is 13.3. The zero-order valence-corrected chi connectivity index (χ0v) is 10.7. The van der Waals surface area contributed by atoms with E-state index >= 15 is 0 Å². The fraction of sp³-hybridized carbons (Fsp3) is 0.417. The van der Waals surface area contributed by atoms with Crippen LogP contribution in [0, 0.1) is 11.6 Å². The predicted octanol–water partition coefficient (Wildman–Crippen LogP) is 2.47. The van der Waals surface area contributed by atoms with E-state index in [1.165, 1.54) is 6.07 Å². The van der Waals surface area contributed by atoms with Gasteiger partial charge in [0.25, 0.3) is 0 Å². The molecule has 6 heteroatoms. The summed E-state index contributed by atoms with van der Waals surface area (Å²) in [6.45, 7) is 1.72. The van der Waals surface area contributed by atoms with Crippen LogP contribution in [0.5, 0.6) is 0 Å². The Balaban J connectivity index is 0.00000162. The lowest BCUT2D eigenvalue weighted by Gasteiger charge is -2.13. The number of hydrogen-bond donors (Lipinski definition) is 2. The summed E-state index contributed by atoms with van der Waals surface area (Å²) in [6.07, 6.45) is 2.14. The monoisotopic (exact) mass is 276 g/mol. The summed E-state index contributed by atoms with van der Waals surface area (Å²) in [4.78, 5) is 11.7. The normalized spacial score (nSPS) is 15.7. The second-order valence-corrected chi connectivity index (χ2v) is 4.28. The summed E-state index contributed by atoms with van der Waals surface area (Å²) < 4.78 is 25.9. The fourth-order valence-corrected chi connectivity index (χ4v) is 1.51. The first-order chi connectivity index (χ1) is 8.06. The van der Waals surface area contributed by atoms with Crippen LogP contribution >= 0.6 is 12.4 Å². The molecule has 1 amide bonds. The smallest absolute Gasteiger partial charge is 0.241 e. The van der Waals surface area contributed by atoms with Crippen LogP contribution in [-0.4, -0.2) is 18.0 Å². The number of benzene rings is 1. The van der Waals surface area contributed by atoms with Gasteiger partial charge in [0, 0.05) is 12.1 Å². The lowest BCUT2D eigenvalue weighted by molar-refractivity contribution is -0.117. The zero-order valence-electron chi connectivity index (χ0n) is 9.87. The van der Waals surface area contributed by atoms with Crippen LogP contribution in [0.2, 0.25) is 0 Å². The minimum Gasteiger partial charge on any atom is -0.322 e. The van der Waals surface area contributed by atoms with E-state index in [1.807, 2.05) is 0 Å². The van der Waals surface area contributed by atoms with Crippen molar-refractivity contribution in [1.82, 2.24) is 5.32 Å². The lowest BCUT2D eigenvalue weighted by atomic mass is 10.2. The summed E-state index contributed by atoms with van der Waals surface area (Å²) in [5, 5.41) is 5.52. The highest BCUT2D eigenvalue weighted by molar-refractivity contribution is 5.94. The van der Waals surface area contributed by atoms with E-state index in [1.54, 1.807) is 6.92 Å². The summed E-state index contributed by atoms with van der Waals surface area (Å²) in [6, 6.07) is 3.08. The zero-order chi connectivity index (χ0) is 12.4. The van der Waals surface area contributed by atoms with Crippen molar-refractivity contribution in [2.45, 2.75) is 31.8 Å². The Labute approximate surface area is 110 Å². The quantitative estimate of drug-likeness (QED) is 0.887. The van der Waals surface area contributed by atoms with E-state index in [0.29, 0.717) is 6.04 Å². The number of nitrogens with one attached hydrogen (secondary N) is 2. The van der Waals surface area contributed by atoms with Gasteiger partial charge in [-0.05, 0) is 31.9 Å². The first kappa shape index (κ1) is 14.9. The van der Waals surface area contributed by atoms with Crippen LogP contribution in [0.15, 0.2) is 18.2 Å². The molecule has 2 N–H and O–H groups in total. The third-order valence-corrected chi connectivity index (χ3v) is 2.65. The molecule has 0 heterocycles. The van der Waals surface area contributed by atoms with Crippen LogP contribution in [0.3, 0.4) is 0 Å². The Kier molecular flexibility index (Phi) is 5.04. The van der Waals surface area contributed by atoms with Crippen LogP contribution in [0.4, 0.5) is 14.5 Å². The van der Waals surface area contributed by atoms with Gasteiger partial charge in [0.1, 0.15) is 11.6 Å². The molecule has 2 rings (SSSR count). The van der Waals surface area contributed by atoms with Crippen molar-refractivity contribution >= 4 is 24.0 Å². The molecule has 1 aromatic carbocycles. The van der Waals surface area contributed by atoms with Crippen LogP contribution in [-0.2, 0) is 4.79 Å². The van der Waals surface area contributed by atoms with Gasteiger partial charge in [0.2, 0.25) is 5.91 Å². The van der Waals surface area contributed by atoms with E-state index in [0.717, 1.165) is 25.0 Å². The van der Waals surface area contributed by atoms with Gasteiger partial charge in [-0.15, -0.1) is 12.4 Å². The molecule has 18 heavy (non-hydrogen) atoms. The topological polar surface area (TPSA) is 41.1 Å². The molecule has 0 spiro atoms. The molecular formula is C12H15ClF2N2O. The molecule has 3 nitrogen and oxygen atoms in total. The van der Waals surface area contributed by atoms with Crippen molar-refractivity contribution in [2.24, 2.45) is 0 Å². The maximum absolute atomic E-state index is 13.3. The second kappa shape index (κ2) is 6.11. The van der Waals surface area contributed by atoms with Crippen molar-refractivity contribution in [3.05, 3.63) is 29.8 Å². The molecule has 1 fully saturated rings. The molecule has 0 aromatic heterocycles. The Morgan fingerprint density at radius 2 is 2.06 bits per heavy atom. The number of rotatable bonds is 4. The standard InChI is InChI=1S/C12H14F2N2O.ClH/c1-7(15-9-3-4-9)12(17)16-11-5-2-8(13)6-10(11)14;/h2,5-7,9,15H,3-4H2,1H3,(H,16,17);1H. The third-order valence-electron chi connectivity index (χ3n) is 2.65. The van der Waals surface area contributed by atoms with Crippen molar-refractivity contribution in [2.75, 3.05) is 5.32 Å². The van der Waals surface area contributed by atoms with Gasteiger partial charge in [-0.25, -0.2) is 8.78 Å². The van der Waals surface area contributed by atoms with Crippen LogP contribution < -0.4 is 10.6 Å². The molecule has 1 aliphatic rings. The van der Waals surface area contributed by atoms with Gasteiger partial charge in [-0.1, -0.05) is 0 Å². The first-order valence-corrected chi connectivity index (χ1v) is 5.58. The van der Waals surface area contributed by atoms with E-state index in [2.05, 4.69) is 10.6 Å². The Hall–Kier alpha value is -1.20. The highest BCUT2D eigenvalue weighted by Crippen LogP contribution is 2.20. The van der Waals surface area contributed by atoms with Gasteiger partial charge in [0.15, 0.2) is 0 Å². The summed E-state index contributed by atoms with van der Waals surface area (Å²) in [5.74, 6) is -1.75. The fourth-order valence-electron chi connectivity index (χ4n) is 1.51. The van der Waals surface area contributed by atoms with Crippen molar-refractivity contribution < 1.29 is 13.6 Å². The summed E-state index contributed by atoms with van der Waals surface area (Å²) in [5.41, 5.74) is 0.000784. The van der Waals surface area contributed by atoms with Crippen LogP contribution in [0.25, 0.3) is 0 Å². The number of carbonyl (C=O) groups excluding carboxylic acids is 1. The molecule has 0 aliphatic heterocycles. The largest absolute Gasteiger partial charge is 0.322 e. The average Bonchev–Trinajstić information content (AvgIpc) is 3.06. The van der Waals surface area contributed by atoms with Crippen LogP contribution in [0.1, 0.15) is 19.8 Å². The molecule has 100 valence electrons. The molecule has 0 bridgehead atoms. The maximum Gasteiger partial charge on any atom is 0.241 e. The molecule has 0 saturated heterocycles. The Morgan fingerprint density at radius 3 is 2.61 bits per heavy atom. The molecule has 1 atom stereocenters. The molecule has 1 aliphatic carbocycles. The molecular weight excluding hydrogens is 262 g/mol. The summed E-state index contributed by atoms with van der Waals surface area (Å²) >= 11 is 0. The number of amides is 1. The predicted molar refractivity (Wildman–Crippen MR) is 67.9 cm³/mol.